The van der Waals surface area contributed by atoms with Gasteiger partial charge in [0.2, 0.25) is 0 Å². The summed E-state index contributed by atoms with van der Waals surface area (Å²) in [7, 11) is 0. The average molecular weight is 652 g/mol. The molecule has 240 valence electrons. The Labute approximate surface area is 295 Å². The molecule has 0 bridgehead atoms. The molecular formula is C49H33NO. The van der Waals surface area contributed by atoms with Crippen LogP contribution in [0.25, 0.3) is 93.5 Å². The predicted molar refractivity (Wildman–Crippen MR) is 214 cm³/mol. The Kier molecular flexibility index (Phi) is 5.76. The normalized spacial score (nSPS) is 13.5. The van der Waals surface area contributed by atoms with Crippen molar-refractivity contribution in [1.29, 1.82) is 0 Å². The van der Waals surface area contributed by atoms with E-state index in [4.69, 9.17) is 4.42 Å². The highest BCUT2D eigenvalue weighted by molar-refractivity contribution is 6.26. The quantitative estimate of drug-likeness (QED) is 0.174. The molecule has 0 amide bonds. The smallest absolute Gasteiger partial charge is 0.136 e. The minimum absolute atomic E-state index is 0.153. The first-order valence-corrected chi connectivity index (χ1v) is 17.8. The Morgan fingerprint density at radius 2 is 1.04 bits per heavy atom. The van der Waals surface area contributed by atoms with Crippen LogP contribution in [0, 0.1) is 0 Å². The molecule has 0 N–H and O–H groups in total. The van der Waals surface area contributed by atoms with Gasteiger partial charge in [0.25, 0.3) is 0 Å². The number of aromatic nitrogens is 1. The van der Waals surface area contributed by atoms with Crippen molar-refractivity contribution in [3.63, 3.8) is 0 Å². The van der Waals surface area contributed by atoms with Crippen LogP contribution in [0.3, 0.4) is 0 Å². The number of hydrogen-bond acceptors (Lipinski definition) is 1. The van der Waals surface area contributed by atoms with Gasteiger partial charge in [-0.05, 0) is 91.3 Å². The number of rotatable bonds is 3. The first-order valence-electron chi connectivity index (χ1n) is 17.8. The molecule has 10 aromatic rings. The molecule has 51 heavy (non-hydrogen) atoms. The summed E-state index contributed by atoms with van der Waals surface area (Å²) in [6.45, 7) is 4.75. The van der Waals surface area contributed by atoms with Crippen molar-refractivity contribution in [2.45, 2.75) is 19.3 Å². The Morgan fingerprint density at radius 3 is 1.78 bits per heavy atom. The van der Waals surface area contributed by atoms with Gasteiger partial charge in [-0.3, -0.25) is 0 Å². The molecule has 0 fully saturated rings. The maximum absolute atomic E-state index is 6.38. The van der Waals surface area contributed by atoms with E-state index in [2.05, 4.69) is 176 Å². The number of nitrogens with zero attached hydrogens (tertiary/aromatic N) is 1. The monoisotopic (exact) mass is 651 g/mol. The molecule has 2 heteroatoms. The maximum atomic E-state index is 6.38. The van der Waals surface area contributed by atoms with Crippen molar-refractivity contribution in [2.24, 2.45) is 0 Å². The summed E-state index contributed by atoms with van der Waals surface area (Å²) < 4.78 is 8.88. The molecule has 0 spiro atoms. The molecule has 0 radical (unpaired) electrons. The standard InChI is InChI=1S/C49H33NO/c1-49(2)40-24-12-10-21-36(40)47-39-29-30(27-28-41(39)50(48(47)49)31-15-4-3-5-16-31)44-32-17-6-8-19-34(32)45(35-20-9-7-18-33(35)44)38-23-14-26-43-46(38)37-22-11-13-25-42(37)51-43/h3-29H,1-2H3. The summed E-state index contributed by atoms with van der Waals surface area (Å²) in [5.74, 6) is 0. The largest absolute Gasteiger partial charge is 0.456 e. The third-order valence-electron chi connectivity index (χ3n) is 11.3. The number of hydrogen-bond donors (Lipinski definition) is 0. The minimum atomic E-state index is -0.153. The highest BCUT2D eigenvalue weighted by atomic mass is 16.3. The molecule has 2 aromatic heterocycles. The van der Waals surface area contributed by atoms with Gasteiger partial charge in [0.1, 0.15) is 11.2 Å². The van der Waals surface area contributed by atoms with Gasteiger partial charge in [-0.1, -0.05) is 141 Å². The lowest BCUT2D eigenvalue weighted by Crippen LogP contribution is -2.19. The van der Waals surface area contributed by atoms with Gasteiger partial charge >= 0.3 is 0 Å². The molecule has 0 atom stereocenters. The van der Waals surface area contributed by atoms with Crippen LogP contribution >= 0.6 is 0 Å². The Balaban J connectivity index is 1.25. The van der Waals surface area contributed by atoms with Crippen molar-refractivity contribution < 1.29 is 4.42 Å². The van der Waals surface area contributed by atoms with E-state index in [-0.39, 0.29) is 5.41 Å². The molecule has 2 heterocycles. The fourth-order valence-corrected chi connectivity index (χ4v) is 9.24. The van der Waals surface area contributed by atoms with Gasteiger partial charge in [0, 0.05) is 38.5 Å². The van der Waals surface area contributed by atoms with E-state index in [0.717, 1.165) is 21.9 Å². The Morgan fingerprint density at radius 1 is 0.451 bits per heavy atom. The van der Waals surface area contributed by atoms with Crippen molar-refractivity contribution in [3.8, 4) is 39.1 Å². The number of furan rings is 1. The van der Waals surface area contributed by atoms with E-state index in [0.29, 0.717) is 0 Å². The molecule has 0 aliphatic heterocycles. The third kappa shape index (κ3) is 3.82. The van der Waals surface area contributed by atoms with Gasteiger partial charge in [-0.15, -0.1) is 0 Å². The van der Waals surface area contributed by atoms with Crippen molar-refractivity contribution in [1.82, 2.24) is 4.57 Å². The van der Waals surface area contributed by atoms with E-state index >= 15 is 0 Å². The van der Waals surface area contributed by atoms with Crippen LogP contribution in [0.1, 0.15) is 25.1 Å². The number of para-hydroxylation sites is 2. The second-order valence-electron chi connectivity index (χ2n) is 14.4. The second kappa shape index (κ2) is 10.3. The molecule has 0 unspecified atom stereocenters. The molecule has 0 saturated carbocycles. The van der Waals surface area contributed by atoms with Crippen molar-refractivity contribution >= 4 is 54.4 Å². The van der Waals surface area contributed by atoms with Crippen molar-refractivity contribution in [2.75, 3.05) is 0 Å². The first kappa shape index (κ1) is 28.5. The molecule has 11 rings (SSSR count). The molecule has 1 aliphatic carbocycles. The van der Waals surface area contributed by atoms with Crippen LogP contribution in [-0.2, 0) is 5.41 Å². The summed E-state index contributed by atoms with van der Waals surface area (Å²) in [6, 6.07) is 59.8. The van der Waals surface area contributed by atoms with Crippen LogP contribution in [0.5, 0.6) is 0 Å². The van der Waals surface area contributed by atoms with Crippen LogP contribution in [0.4, 0.5) is 0 Å². The summed E-state index contributed by atoms with van der Waals surface area (Å²) in [6.07, 6.45) is 0. The van der Waals surface area contributed by atoms with Crippen LogP contribution < -0.4 is 0 Å². The maximum Gasteiger partial charge on any atom is 0.136 e. The van der Waals surface area contributed by atoms with Gasteiger partial charge in [0.05, 0.1) is 5.52 Å². The van der Waals surface area contributed by atoms with E-state index < -0.39 is 0 Å². The van der Waals surface area contributed by atoms with Crippen molar-refractivity contribution in [3.05, 3.63) is 175 Å². The SMILES string of the molecule is CC1(C)c2ccccc2-c2c1n(-c1ccccc1)c1ccc(-c3c4ccccc4c(-c4cccc5oc6ccccc6c45)c4ccccc34)cc21. The molecule has 1 aliphatic rings. The zero-order valence-corrected chi connectivity index (χ0v) is 28.4. The molecular weight excluding hydrogens is 619 g/mol. The first-order chi connectivity index (χ1) is 25.1. The highest BCUT2D eigenvalue weighted by Crippen LogP contribution is 2.55. The zero-order chi connectivity index (χ0) is 33.8. The van der Waals surface area contributed by atoms with Gasteiger partial charge in [-0.2, -0.15) is 0 Å². The lowest BCUT2D eigenvalue weighted by atomic mass is 9.84. The average Bonchev–Trinajstić information content (AvgIpc) is 3.80. The minimum Gasteiger partial charge on any atom is -0.456 e. The zero-order valence-electron chi connectivity index (χ0n) is 28.4. The topological polar surface area (TPSA) is 18.1 Å². The van der Waals surface area contributed by atoms with Gasteiger partial charge in [-0.25, -0.2) is 0 Å². The lowest BCUT2D eigenvalue weighted by molar-refractivity contribution is 0.624. The molecule has 8 aromatic carbocycles. The van der Waals surface area contributed by atoms with E-state index in [1.807, 2.05) is 6.07 Å². The van der Waals surface area contributed by atoms with Crippen LogP contribution in [0.2, 0.25) is 0 Å². The number of benzene rings is 8. The fraction of sp³-hybridized carbons (Fsp3) is 0.0612. The summed E-state index contributed by atoms with van der Waals surface area (Å²) >= 11 is 0. The predicted octanol–water partition coefficient (Wildman–Crippen LogP) is 13.5. The van der Waals surface area contributed by atoms with Gasteiger partial charge < -0.3 is 8.98 Å². The summed E-state index contributed by atoms with van der Waals surface area (Å²) in [5, 5.41) is 8.56. The summed E-state index contributed by atoms with van der Waals surface area (Å²) in [4.78, 5) is 0. The Bertz CT molecular complexity index is 2990. The molecule has 0 saturated heterocycles. The van der Waals surface area contributed by atoms with Crippen LogP contribution in [0.15, 0.2) is 168 Å². The fourth-order valence-electron chi connectivity index (χ4n) is 9.24. The number of fused-ring (bicyclic) bond motifs is 10. The Hall–Kier alpha value is -6.38. The van der Waals surface area contributed by atoms with E-state index in [1.165, 1.54) is 82.8 Å². The van der Waals surface area contributed by atoms with Gasteiger partial charge in [0.15, 0.2) is 0 Å². The van der Waals surface area contributed by atoms with E-state index in [9.17, 15) is 0 Å². The second-order valence-corrected chi connectivity index (χ2v) is 14.4. The highest BCUT2D eigenvalue weighted by Gasteiger charge is 2.40. The van der Waals surface area contributed by atoms with Crippen LogP contribution in [-0.4, -0.2) is 4.57 Å². The third-order valence-corrected chi connectivity index (χ3v) is 11.3. The summed E-state index contributed by atoms with van der Waals surface area (Å²) in [5.41, 5.74) is 14.5. The lowest BCUT2D eigenvalue weighted by Gasteiger charge is -2.24. The molecule has 2 nitrogen and oxygen atoms in total. The van der Waals surface area contributed by atoms with E-state index in [1.54, 1.807) is 0 Å².